The molecule has 5 nitrogen and oxygen atoms in total. The molecule has 0 aliphatic rings. The Hall–Kier alpha value is -2.30. The molecule has 106 valence electrons. The summed E-state index contributed by atoms with van der Waals surface area (Å²) in [4.78, 5) is 26.1. The third-order valence-electron chi connectivity index (χ3n) is 3.41. The van der Waals surface area contributed by atoms with Crippen LogP contribution in [0, 0.1) is 6.92 Å². The third kappa shape index (κ3) is 2.82. The summed E-state index contributed by atoms with van der Waals surface area (Å²) in [5.74, 6) is -1.27. The topological polar surface area (TPSA) is 82.2 Å². The lowest BCUT2D eigenvalue weighted by molar-refractivity contribution is -0.141. The molecule has 1 aromatic heterocycles. The number of aromatic nitrogens is 1. The Morgan fingerprint density at radius 2 is 2.05 bits per heavy atom. The highest BCUT2D eigenvalue weighted by atomic mass is 16.4. The normalized spacial score (nSPS) is 12.3. The Morgan fingerprint density at radius 3 is 2.70 bits per heavy atom. The number of carbonyl (C=O) groups excluding carboxylic acids is 1. The molecule has 0 fully saturated rings. The average molecular weight is 274 g/mol. The minimum absolute atomic E-state index is 0.180. The van der Waals surface area contributed by atoms with Crippen molar-refractivity contribution < 1.29 is 14.7 Å². The molecule has 0 aliphatic carbocycles. The molecule has 20 heavy (non-hydrogen) atoms. The van der Waals surface area contributed by atoms with Gasteiger partial charge in [0.1, 0.15) is 6.04 Å². The van der Waals surface area contributed by atoms with E-state index in [1.54, 1.807) is 6.92 Å². The zero-order valence-corrected chi connectivity index (χ0v) is 11.6. The number of fused-ring (bicyclic) bond motifs is 1. The number of carboxylic acid groups (broad SMARTS) is 1. The SMILES string of the molecule is CC[C@H](NC(=O)Cc1c(C)[nH]c2ccccc12)C(=O)O. The Balaban J connectivity index is 2.18. The van der Waals surface area contributed by atoms with Gasteiger partial charge in [-0.15, -0.1) is 0 Å². The van der Waals surface area contributed by atoms with E-state index in [9.17, 15) is 9.59 Å². The number of benzene rings is 1. The van der Waals surface area contributed by atoms with Crippen molar-refractivity contribution in [1.29, 1.82) is 0 Å². The fraction of sp³-hybridized carbons (Fsp3) is 0.333. The number of nitrogens with one attached hydrogen (secondary N) is 2. The minimum Gasteiger partial charge on any atom is -0.480 e. The molecule has 1 atom stereocenters. The molecule has 0 spiro atoms. The van der Waals surface area contributed by atoms with Crippen molar-refractivity contribution >= 4 is 22.8 Å². The van der Waals surface area contributed by atoms with Gasteiger partial charge in [-0.25, -0.2) is 4.79 Å². The minimum atomic E-state index is -1.00. The fourth-order valence-electron chi connectivity index (χ4n) is 2.31. The summed E-state index contributed by atoms with van der Waals surface area (Å²) in [7, 11) is 0. The van der Waals surface area contributed by atoms with E-state index in [1.807, 2.05) is 31.2 Å². The molecule has 3 N–H and O–H groups in total. The standard InChI is InChI=1S/C15H18N2O3/c1-3-12(15(19)20)17-14(18)8-11-9(2)16-13-7-5-4-6-10(11)13/h4-7,12,16H,3,8H2,1-2H3,(H,17,18)(H,19,20)/t12-/m0/s1. The van der Waals surface area contributed by atoms with Crippen molar-refractivity contribution in [2.45, 2.75) is 32.7 Å². The summed E-state index contributed by atoms with van der Waals surface area (Å²) < 4.78 is 0. The van der Waals surface area contributed by atoms with Crippen LogP contribution in [-0.2, 0) is 16.0 Å². The number of aliphatic carboxylic acids is 1. The van der Waals surface area contributed by atoms with Crippen molar-refractivity contribution in [2.75, 3.05) is 0 Å². The fourth-order valence-corrected chi connectivity index (χ4v) is 2.31. The zero-order valence-electron chi connectivity index (χ0n) is 11.6. The summed E-state index contributed by atoms with van der Waals surface area (Å²) in [5, 5.41) is 12.5. The maximum absolute atomic E-state index is 12.0. The number of aryl methyl sites for hydroxylation is 1. The van der Waals surface area contributed by atoms with Gasteiger partial charge in [0, 0.05) is 16.6 Å². The van der Waals surface area contributed by atoms with E-state index in [0.29, 0.717) is 6.42 Å². The van der Waals surface area contributed by atoms with E-state index in [1.165, 1.54) is 0 Å². The highest BCUT2D eigenvalue weighted by molar-refractivity contribution is 5.91. The van der Waals surface area contributed by atoms with Crippen LogP contribution in [0.1, 0.15) is 24.6 Å². The summed E-state index contributed by atoms with van der Waals surface area (Å²) in [6.45, 7) is 3.65. The highest BCUT2D eigenvalue weighted by Crippen LogP contribution is 2.22. The number of amides is 1. The maximum atomic E-state index is 12.0. The Kier molecular flexibility index (Phi) is 4.08. The maximum Gasteiger partial charge on any atom is 0.326 e. The molecule has 0 radical (unpaired) electrons. The van der Waals surface area contributed by atoms with E-state index in [2.05, 4.69) is 10.3 Å². The number of aromatic amines is 1. The van der Waals surface area contributed by atoms with Crippen LogP contribution < -0.4 is 5.32 Å². The predicted octanol–water partition coefficient (Wildman–Crippen LogP) is 2.00. The molecule has 1 aromatic carbocycles. The summed E-state index contributed by atoms with van der Waals surface area (Å²) in [6, 6.07) is 6.93. The van der Waals surface area contributed by atoms with Gasteiger partial charge in [-0.1, -0.05) is 25.1 Å². The van der Waals surface area contributed by atoms with Crippen molar-refractivity contribution in [1.82, 2.24) is 10.3 Å². The van der Waals surface area contributed by atoms with E-state index >= 15 is 0 Å². The van der Waals surface area contributed by atoms with Crippen LogP contribution in [0.2, 0.25) is 0 Å². The second-order valence-electron chi connectivity index (χ2n) is 4.82. The van der Waals surface area contributed by atoms with E-state index in [0.717, 1.165) is 22.2 Å². The number of rotatable bonds is 5. The van der Waals surface area contributed by atoms with Gasteiger partial charge >= 0.3 is 5.97 Å². The summed E-state index contributed by atoms with van der Waals surface area (Å²) in [6.07, 6.45) is 0.549. The monoisotopic (exact) mass is 274 g/mol. The molecule has 2 aromatic rings. The first-order valence-corrected chi connectivity index (χ1v) is 6.61. The first-order chi connectivity index (χ1) is 9.52. The zero-order chi connectivity index (χ0) is 14.7. The molecule has 0 bridgehead atoms. The van der Waals surface area contributed by atoms with Gasteiger partial charge in [-0.2, -0.15) is 0 Å². The molecule has 0 aliphatic heterocycles. The first-order valence-electron chi connectivity index (χ1n) is 6.61. The highest BCUT2D eigenvalue weighted by Gasteiger charge is 2.19. The Bertz CT molecular complexity index is 646. The first kappa shape index (κ1) is 14.1. The number of carboxylic acids is 1. The molecular weight excluding hydrogens is 256 g/mol. The molecule has 1 amide bonds. The smallest absolute Gasteiger partial charge is 0.326 e. The predicted molar refractivity (Wildman–Crippen MR) is 76.6 cm³/mol. The lowest BCUT2D eigenvalue weighted by Crippen LogP contribution is -2.41. The van der Waals surface area contributed by atoms with Crippen LogP contribution in [0.3, 0.4) is 0 Å². The molecule has 0 saturated carbocycles. The van der Waals surface area contributed by atoms with Crippen LogP contribution in [-0.4, -0.2) is 28.0 Å². The third-order valence-corrected chi connectivity index (χ3v) is 3.41. The van der Waals surface area contributed by atoms with Gasteiger partial charge in [-0.3, -0.25) is 4.79 Å². The second-order valence-corrected chi connectivity index (χ2v) is 4.82. The van der Waals surface area contributed by atoms with Gasteiger partial charge in [0.25, 0.3) is 0 Å². The van der Waals surface area contributed by atoms with E-state index in [-0.39, 0.29) is 12.3 Å². The van der Waals surface area contributed by atoms with Gasteiger partial charge in [0.15, 0.2) is 0 Å². The van der Waals surface area contributed by atoms with Gasteiger partial charge < -0.3 is 15.4 Å². The number of carbonyl (C=O) groups is 2. The van der Waals surface area contributed by atoms with Crippen molar-refractivity contribution in [2.24, 2.45) is 0 Å². The van der Waals surface area contributed by atoms with Crippen LogP contribution >= 0.6 is 0 Å². The van der Waals surface area contributed by atoms with E-state index in [4.69, 9.17) is 5.11 Å². The molecule has 0 saturated heterocycles. The lowest BCUT2D eigenvalue weighted by Gasteiger charge is -2.12. The number of H-pyrrole nitrogens is 1. The Labute approximate surface area is 117 Å². The second kappa shape index (κ2) is 5.77. The van der Waals surface area contributed by atoms with Gasteiger partial charge in [0.05, 0.1) is 6.42 Å². The van der Waals surface area contributed by atoms with Gasteiger partial charge in [-0.05, 0) is 25.0 Å². The molecule has 1 heterocycles. The summed E-state index contributed by atoms with van der Waals surface area (Å²) >= 11 is 0. The molecule has 0 unspecified atom stereocenters. The van der Waals surface area contributed by atoms with Crippen LogP contribution in [0.25, 0.3) is 10.9 Å². The Morgan fingerprint density at radius 1 is 1.35 bits per heavy atom. The van der Waals surface area contributed by atoms with Crippen LogP contribution in [0.4, 0.5) is 0 Å². The molecule has 5 heteroatoms. The molecular formula is C15H18N2O3. The quantitative estimate of drug-likeness (QED) is 0.780. The van der Waals surface area contributed by atoms with Crippen LogP contribution in [0.5, 0.6) is 0 Å². The van der Waals surface area contributed by atoms with Crippen molar-refractivity contribution in [3.63, 3.8) is 0 Å². The van der Waals surface area contributed by atoms with Crippen molar-refractivity contribution in [3.05, 3.63) is 35.5 Å². The van der Waals surface area contributed by atoms with Crippen molar-refractivity contribution in [3.8, 4) is 0 Å². The number of hydrogen-bond acceptors (Lipinski definition) is 2. The lowest BCUT2D eigenvalue weighted by atomic mass is 10.1. The average Bonchev–Trinajstić information content (AvgIpc) is 2.72. The largest absolute Gasteiger partial charge is 0.480 e. The van der Waals surface area contributed by atoms with Gasteiger partial charge in [0.2, 0.25) is 5.91 Å². The molecule has 2 rings (SSSR count). The van der Waals surface area contributed by atoms with Crippen LogP contribution in [0.15, 0.2) is 24.3 Å². The van der Waals surface area contributed by atoms with E-state index < -0.39 is 12.0 Å². The number of para-hydroxylation sites is 1. The number of hydrogen-bond donors (Lipinski definition) is 3. The summed E-state index contributed by atoms with van der Waals surface area (Å²) in [5.41, 5.74) is 2.83.